The van der Waals surface area contributed by atoms with Crippen LogP contribution in [-0.4, -0.2) is 11.8 Å². The fraction of sp³-hybridized carbons (Fsp3) is 0.500. The van der Waals surface area contributed by atoms with E-state index in [2.05, 4.69) is 6.92 Å². The van der Waals surface area contributed by atoms with Crippen LogP contribution in [-0.2, 0) is 0 Å². The lowest BCUT2D eigenvalue weighted by Crippen LogP contribution is -2.22. The lowest BCUT2D eigenvalue weighted by Gasteiger charge is -2.10. The van der Waals surface area contributed by atoms with Crippen molar-refractivity contribution >= 4 is 11.8 Å². The number of nitrogens with two attached hydrogens (primary N) is 1. The molecule has 0 heterocycles. The van der Waals surface area contributed by atoms with Gasteiger partial charge in [0.25, 0.3) is 0 Å². The van der Waals surface area contributed by atoms with E-state index < -0.39 is 0 Å². The fourth-order valence-corrected chi connectivity index (χ4v) is 2.25. The highest BCUT2D eigenvalue weighted by molar-refractivity contribution is 7.99. The molecule has 84 valence electrons. The minimum Gasteiger partial charge on any atom is -0.327 e. The summed E-state index contributed by atoms with van der Waals surface area (Å²) in [4.78, 5) is 0.699. The molecule has 1 atom stereocenters. The van der Waals surface area contributed by atoms with Crippen LogP contribution < -0.4 is 5.73 Å². The van der Waals surface area contributed by atoms with Crippen LogP contribution in [0.25, 0.3) is 0 Å². The van der Waals surface area contributed by atoms with Gasteiger partial charge in [-0.05, 0) is 18.6 Å². The van der Waals surface area contributed by atoms with Crippen molar-refractivity contribution in [2.24, 2.45) is 5.73 Å². The van der Waals surface area contributed by atoms with Gasteiger partial charge in [-0.25, -0.2) is 4.39 Å². The Morgan fingerprint density at radius 1 is 1.40 bits per heavy atom. The normalized spacial score (nSPS) is 12.7. The van der Waals surface area contributed by atoms with Gasteiger partial charge in [-0.2, -0.15) is 0 Å². The predicted octanol–water partition coefficient (Wildman–Crippen LogP) is 3.44. The molecule has 1 aromatic rings. The number of unbranched alkanes of at least 4 members (excludes halogenated alkanes) is 1. The van der Waals surface area contributed by atoms with E-state index in [0.29, 0.717) is 4.90 Å². The molecule has 0 saturated carbocycles. The van der Waals surface area contributed by atoms with Crippen LogP contribution in [0.5, 0.6) is 0 Å². The van der Waals surface area contributed by atoms with Gasteiger partial charge in [-0.3, -0.25) is 0 Å². The van der Waals surface area contributed by atoms with E-state index in [1.54, 1.807) is 12.1 Å². The third-order valence-corrected chi connectivity index (χ3v) is 3.45. The number of thioether (sulfide) groups is 1. The van der Waals surface area contributed by atoms with Gasteiger partial charge in [0, 0.05) is 16.7 Å². The Balaban J connectivity index is 2.33. The van der Waals surface area contributed by atoms with Crippen molar-refractivity contribution in [1.82, 2.24) is 0 Å². The minimum atomic E-state index is -0.148. The van der Waals surface area contributed by atoms with Crippen LogP contribution in [0.4, 0.5) is 4.39 Å². The molecule has 2 N–H and O–H groups in total. The van der Waals surface area contributed by atoms with E-state index >= 15 is 0 Å². The molecule has 3 heteroatoms. The van der Waals surface area contributed by atoms with Crippen molar-refractivity contribution in [1.29, 1.82) is 0 Å². The Kier molecular flexibility index (Phi) is 5.73. The zero-order chi connectivity index (χ0) is 11.1. The van der Waals surface area contributed by atoms with Crippen molar-refractivity contribution in [3.05, 3.63) is 30.1 Å². The quantitative estimate of drug-likeness (QED) is 0.753. The molecule has 0 aromatic heterocycles. The van der Waals surface area contributed by atoms with Gasteiger partial charge in [0.15, 0.2) is 0 Å². The third kappa shape index (κ3) is 4.67. The lowest BCUT2D eigenvalue weighted by molar-refractivity contribution is 0.599. The second-order valence-electron chi connectivity index (χ2n) is 3.64. The van der Waals surface area contributed by atoms with Gasteiger partial charge in [-0.1, -0.05) is 31.9 Å². The van der Waals surface area contributed by atoms with E-state index in [4.69, 9.17) is 5.73 Å². The molecule has 1 rings (SSSR count). The second kappa shape index (κ2) is 6.85. The summed E-state index contributed by atoms with van der Waals surface area (Å²) < 4.78 is 13.2. The maximum Gasteiger partial charge on any atom is 0.136 e. The summed E-state index contributed by atoms with van der Waals surface area (Å²) in [5.41, 5.74) is 5.91. The van der Waals surface area contributed by atoms with Crippen LogP contribution >= 0.6 is 11.8 Å². The van der Waals surface area contributed by atoms with Gasteiger partial charge in [0.1, 0.15) is 5.82 Å². The summed E-state index contributed by atoms with van der Waals surface area (Å²) in [5, 5.41) is 0. The molecular formula is C12H18FNS. The Bertz CT molecular complexity index is 291. The molecule has 0 spiro atoms. The Morgan fingerprint density at radius 3 is 2.80 bits per heavy atom. The lowest BCUT2D eigenvalue weighted by atomic mass is 10.2. The number of halogens is 1. The zero-order valence-corrected chi connectivity index (χ0v) is 9.90. The molecule has 1 nitrogen and oxygen atoms in total. The summed E-state index contributed by atoms with van der Waals surface area (Å²) in [6.07, 6.45) is 3.34. The standard InChI is InChI=1S/C12H18FNS/c1-2-3-6-10(14)9-15-12-8-5-4-7-11(12)13/h4-5,7-8,10H,2-3,6,9,14H2,1H3. The summed E-state index contributed by atoms with van der Waals surface area (Å²) >= 11 is 1.51. The molecule has 1 unspecified atom stereocenters. The Labute approximate surface area is 95.2 Å². The first-order valence-corrected chi connectivity index (χ1v) is 6.35. The SMILES string of the molecule is CCCCC(N)CSc1ccccc1F. The number of hydrogen-bond acceptors (Lipinski definition) is 2. The monoisotopic (exact) mass is 227 g/mol. The van der Waals surface area contributed by atoms with Crippen LogP contribution in [0.3, 0.4) is 0 Å². The first-order chi connectivity index (χ1) is 7.24. The van der Waals surface area contributed by atoms with Crippen LogP contribution in [0.2, 0.25) is 0 Å². The minimum absolute atomic E-state index is 0.148. The van der Waals surface area contributed by atoms with Gasteiger partial charge in [0.05, 0.1) is 0 Å². The summed E-state index contributed by atoms with van der Waals surface area (Å²) in [6.45, 7) is 2.15. The van der Waals surface area contributed by atoms with Crippen molar-refractivity contribution in [3.8, 4) is 0 Å². The topological polar surface area (TPSA) is 26.0 Å². The second-order valence-corrected chi connectivity index (χ2v) is 4.71. The summed E-state index contributed by atoms with van der Waals surface area (Å²) in [6, 6.07) is 7.01. The molecule has 0 radical (unpaired) electrons. The summed E-state index contributed by atoms with van der Waals surface area (Å²) in [5.74, 6) is 0.645. The molecular weight excluding hydrogens is 209 g/mol. The first kappa shape index (κ1) is 12.5. The molecule has 15 heavy (non-hydrogen) atoms. The average Bonchev–Trinajstić information content (AvgIpc) is 2.25. The molecule has 0 aliphatic heterocycles. The smallest absolute Gasteiger partial charge is 0.136 e. The number of hydrogen-bond donors (Lipinski definition) is 1. The average molecular weight is 227 g/mol. The van der Waals surface area contributed by atoms with Gasteiger partial charge in [-0.15, -0.1) is 11.8 Å². The fourth-order valence-electron chi connectivity index (χ4n) is 1.31. The molecule has 0 amide bonds. The van der Waals surface area contributed by atoms with E-state index in [1.807, 2.05) is 6.07 Å². The highest BCUT2D eigenvalue weighted by atomic mass is 32.2. The van der Waals surface area contributed by atoms with Gasteiger partial charge >= 0.3 is 0 Å². The maximum absolute atomic E-state index is 13.2. The molecule has 1 aromatic carbocycles. The van der Waals surface area contributed by atoms with Crippen LogP contribution in [0, 0.1) is 5.82 Å². The third-order valence-electron chi connectivity index (χ3n) is 2.22. The Morgan fingerprint density at radius 2 is 2.13 bits per heavy atom. The highest BCUT2D eigenvalue weighted by Gasteiger charge is 2.05. The van der Waals surface area contributed by atoms with Crippen molar-refractivity contribution < 1.29 is 4.39 Å². The Hall–Kier alpha value is -0.540. The van der Waals surface area contributed by atoms with Gasteiger partial charge < -0.3 is 5.73 Å². The number of benzene rings is 1. The molecule has 0 bridgehead atoms. The highest BCUT2D eigenvalue weighted by Crippen LogP contribution is 2.22. The maximum atomic E-state index is 13.2. The van der Waals surface area contributed by atoms with Crippen molar-refractivity contribution in [3.63, 3.8) is 0 Å². The zero-order valence-electron chi connectivity index (χ0n) is 9.08. The van der Waals surface area contributed by atoms with E-state index in [0.717, 1.165) is 25.0 Å². The molecule has 0 aliphatic carbocycles. The van der Waals surface area contributed by atoms with Crippen molar-refractivity contribution in [2.75, 3.05) is 5.75 Å². The van der Waals surface area contributed by atoms with Gasteiger partial charge in [0.2, 0.25) is 0 Å². The predicted molar refractivity (Wildman–Crippen MR) is 64.6 cm³/mol. The van der Waals surface area contributed by atoms with Crippen molar-refractivity contribution in [2.45, 2.75) is 37.1 Å². The van der Waals surface area contributed by atoms with E-state index in [1.165, 1.54) is 17.8 Å². The largest absolute Gasteiger partial charge is 0.327 e. The van der Waals surface area contributed by atoms with Crippen LogP contribution in [0.15, 0.2) is 29.2 Å². The molecule has 0 fully saturated rings. The summed E-state index contributed by atoms with van der Waals surface area (Å²) in [7, 11) is 0. The first-order valence-electron chi connectivity index (χ1n) is 5.37. The molecule has 0 saturated heterocycles. The van der Waals surface area contributed by atoms with Crippen LogP contribution in [0.1, 0.15) is 26.2 Å². The van der Waals surface area contributed by atoms with E-state index in [9.17, 15) is 4.39 Å². The number of rotatable bonds is 6. The van der Waals surface area contributed by atoms with E-state index in [-0.39, 0.29) is 11.9 Å². The molecule has 0 aliphatic rings.